The molecule has 0 aliphatic carbocycles. The molecule has 100 valence electrons. The molecule has 0 aromatic heterocycles. The predicted octanol–water partition coefficient (Wildman–Crippen LogP) is 2.85. The van der Waals surface area contributed by atoms with Gasteiger partial charge < -0.3 is 9.47 Å². The summed E-state index contributed by atoms with van der Waals surface area (Å²) in [5.74, 6) is 0.309. The molecule has 1 aromatic carbocycles. The molecule has 1 aliphatic heterocycles. The largest absolute Gasteiger partial charge is 0.486 e. The van der Waals surface area contributed by atoms with Crippen LogP contribution in [0.25, 0.3) is 0 Å². The van der Waals surface area contributed by atoms with Crippen LogP contribution in [0, 0.1) is 6.92 Å². The second-order valence-electron chi connectivity index (χ2n) is 4.09. The first-order valence-electron chi connectivity index (χ1n) is 5.37. The molecule has 1 fully saturated rings. The zero-order valence-electron chi connectivity index (χ0n) is 9.65. The molecule has 1 heterocycles. The summed E-state index contributed by atoms with van der Waals surface area (Å²) in [4.78, 5) is -0.0112. The van der Waals surface area contributed by atoms with E-state index in [0.29, 0.717) is 23.4 Å². The average molecular weight is 356 g/mol. The minimum absolute atomic E-state index is 0.0112. The minimum Gasteiger partial charge on any atom is -0.486 e. The van der Waals surface area contributed by atoms with Gasteiger partial charge in [0.1, 0.15) is 16.7 Å². The molecule has 0 bridgehead atoms. The van der Waals surface area contributed by atoms with E-state index in [1.165, 1.54) is 6.07 Å². The molecule has 2 rings (SSSR count). The first-order chi connectivity index (χ1) is 8.38. The smallest absolute Gasteiger partial charge is 0.265 e. The van der Waals surface area contributed by atoms with E-state index in [0.717, 1.165) is 12.0 Å². The van der Waals surface area contributed by atoms with E-state index in [-0.39, 0.29) is 11.0 Å². The summed E-state index contributed by atoms with van der Waals surface area (Å²) in [6.45, 7) is 2.88. The van der Waals surface area contributed by atoms with Crippen molar-refractivity contribution in [1.29, 1.82) is 0 Å². The SMILES string of the molecule is Cc1cc(Br)cc(S(=O)(=O)Cl)c1OC1CCOC1. The fraction of sp³-hybridized carbons (Fsp3) is 0.455. The number of aryl methyl sites for hydroxylation is 1. The van der Waals surface area contributed by atoms with Gasteiger partial charge in [0.15, 0.2) is 0 Å². The third-order valence-electron chi connectivity index (χ3n) is 2.64. The van der Waals surface area contributed by atoms with Gasteiger partial charge in [-0.25, -0.2) is 8.42 Å². The number of rotatable bonds is 3. The van der Waals surface area contributed by atoms with Gasteiger partial charge in [0, 0.05) is 21.6 Å². The van der Waals surface area contributed by atoms with Crippen LogP contribution in [0.3, 0.4) is 0 Å². The van der Waals surface area contributed by atoms with Crippen LogP contribution in [0.2, 0.25) is 0 Å². The first kappa shape index (κ1) is 14.1. The zero-order valence-corrected chi connectivity index (χ0v) is 12.8. The van der Waals surface area contributed by atoms with Gasteiger partial charge in [0.2, 0.25) is 0 Å². The Balaban J connectivity index is 2.43. The van der Waals surface area contributed by atoms with Crippen LogP contribution in [-0.4, -0.2) is 27.7 Å². The number of hydrogen-bond acceptors (Lipinski definition) is 4. The number of halogens is 2. The fourth-order valence-corrected chi connectivity index (χ4v) is 3.57. The molecule has 0 spiro atoms. The number of benzene rings is 1. The summed E-state index contributed by atoms with van der Waals surface area (Å²) in [5, 5.41) is 0. The predicted molar refractivity (Wildman–Crippen MR) is 71.8 cm³/mol. The summed E-state index contributed by atoms with van der Waals surface area (Å²) >= 11 is 3.25. The highest BCUT2D eigenvalue weighted by Crippen LogP contribution is 2.35. The van der Waals surface area contributed by atoms with E-state index in [1.54, 1.807) is 13.0 Å². The van der Waals surface area contributed by atoms with Gasteiger partial charge in [-0.05, 0) is 24.6 Å². The maximum Gasteiger partial charge on any atom is 0.265 e. The molecule has 0 saturated carbocycles. The van der Waals surface area contributed by atoms with Crippen molar-refractivity contribution in [1.82, 2.24) is 0 Å². The summed E-state index contributed by atoms with van der Waals surface area (Å²) in [6, 6.07) is 3.23. The average Bonchev–Trinajstić information content (AvgIpc) is 2.72. The van der Waals surface area contributed by atoms with E-state index < -0.39 is 9.05 Å². The van der Waals surface area contributed by atoms with Crippen molar-refractivity contribution in [3.05, 3.63) is 22.2 Å². The van der Waals surface area contributed by atoms with Crippen molar-refractivity contribution >= 4 is 35.7 Å². The van der Waals surface area contributed by atoms with Crippen LogP contribution >= 0.6 is 26.6 Å². The third-order valence-corrected chi connectivity index (χ3v) is 4.43. The quantitative estimate of drug-likeness (QED) is 0.782. The van der Waals surface area contributed by atoms with Crippen LogP contribution in [0.5, 0.6) is 5.75 Å². The fourth-order valence-electron chi connectivity index (χ4n) is 1.80. The van der Waals surface area contributed by atoms with Crippen molar-refractivity contribution in [2.75, 3.05) is 13.2 Å². The first-order valence-corrected chi connectivity index (χ1v) is 8.47. The molecule has 0 amide bonds. The second kappa shape index (κ2) is 5.36. The summed E-state index contributed by atoms with van der Waals surface area (Å²) in [6.07, 6.45) is 0.624. The Morgan fingerprint density at radius 3 is 2.78 bits per heavy atom. The Bertz CT molecular complexity index is 552. The molecule has 4 nitrogen and oxygen atoms in total. The molecule has 1 aromatic rings. The molecule has 1 saturated heterocycles. The summed E-state index contributed by atoms with van der Waals surface area (Å²) in [5.41, 5.74) is 0.718. The Kier molecular flexibility index (Phi) is 4.21. The van der Waals surface area contributed by atoms with Gasteiger partial charge in [-0.3, -0.25) is 0 Å². The monoisotopic (exact) mass is 354 g/mol. The topological polar surface area (TPSA) is 52.6 Å². The van der Waals surface area contributed by atoms with Gasteiger partial charge in [0.05, 0.1) is 13.2 Å². The zero-order chi connectivity index (χ0) is 13.3. The Hall–Kier alpha value is -0.300. The highest BCUT2D eigenvalue weighted by Gasteiger charge is 2.24. The van der Waals surface area contributed by atoms with Crippen LogP contribution in [0.4, 0.5) is 0 Å². The van der Waals surface area contributed by atoms with Crippen molar-refractivity contribution in [3.8, 4) is 5.75 Å². The molecular formula is C11H12BrClO4S. The molecule has 1 atom stereocenters. The second-order valence-corrected chi connectivity index (χ2v) is 7.54. The number of ether oxygens (including phenoxy) is 2. The van der Waals surface area contributed by atoms with Crippen LogP contribution in [-0.2, 0) is 13.8 Å². The number of hydrogen-bond donors (Lipinski definition) is 0. The van der Waals surface area contributed by atoms with Crippen LogP contribution in [0.15, 0.2) is 21.5 Å². The summed E-state index contributed by atoms with van der Waals surface area (Å²) < 4.78 is 34.7. The third kappa shape index (κ3) is 3.17. The van der Waals surface area contributed by atoms with E-state index >= 15 is 0 Å². The van der Waals surface area contributed by atoms with E-state index in [4.69, 9.17) is 20.2 Å². The molecule has 1 aliphatic rings. The standard InChI is InChI=1S/C11H12BrClO4S/c1-7-4-8(12)5-10(18(13,14)15)11(7)17-9-2-3-16-6-9/h4-5,9H,2-3,6H2,1H3. The lowest BCUT2D eigenvalue weighted by molar-refractivity contribution is 0.138. The van der Waals surface area contributed by atoms with Gasteiger partial charge in [-0.1, -0.05) is 15.9 Å². The van der Waals surface area contributed by atoms with Gasteiger partial charge >= 0.3 is 0 Å². The maximum absolute atomic E-state index is 11.6. The van der Waals surface area contributed by atoms with Gasteiger partial charge in [-0.15, -0.1) is 0 Å². The lowest BCUT2D eigenvalue weighted by Crippen LogP contribution is -2.17. The highest BCUT2D eigenvalue weighted by atomic mass is 79.9. The summed E-state index contributed by atoms with van der Waals surface area (Å²) in [7, 11) is 1.59. The van der Waals surface area contributed by atoms with Gasteiger partial charge in [0.25, 0.3) is 9.05 Å². The van der Waals surface area contributed by atoms with E-state index in [2.05, 4.69) is 15.9 Å². The van der Waals surface area contributed by atoms with Gasteiger partial charge in [-0.2, -0.15) is 0 Å². The maximum atomic E-state index is 11.6. The minimum atomic E-state index is -3.84. The Morgan fingerprint density at radius 1 is 1.50 bits per heavy atom. The lowest BCUT2D eigenvalue weighted by atomic mass is 10.2. The van der Waals surface area contributed by atoms with Crippen molar-refractivity contribution in [3.63, 3.8) is 0 Å². The highest BCUT2D eigenvalue weighted by molar-refractivity contribution is 9.10. The molecule has 18 heavy (non-hydrogen) atoms. The van der Waals surface area contributed by atoms with E-state index in [9.17, 15) is 8.42 Å². The van der Waals surface area contributed by atoms with E-state index in [1.807, 2.05) is 0 Å². The molecule has 7 heteroatoms. The Labute approximate surface area is 119 Å². The van der Waals surface area contributed by atoms with Crippen molar-refractivity contribution in [2.24, 2.45) is 0 Å². The lowest BCUT2D eigenvalue weighted by Gasteiger charge is -2.17. The normalized spacial score (nSPS) is 20.1. The van der Waals surface area contributed by atoms with Crippen LogP contribution in [0.1, 0.15) is 12.0 Å². The van der Waals surface area contributed by atoms with Crippen molar-refractivity contribution < 1.29 is 17.9 Å². The molecule has 0 N–H and O–H groups in total. The van der Waals surface area contributed by atoms with Crippen LogP contribution < -0.4 is 4.74 Å². The molecule has 1 unspecified atom stereocenters. The molecular weight excluding hydrogens is 344 g/mol. The molecule has 0 radical (unpaired) electrons. The van der Waals surface area contributed by atoms with Crippen molar-refractivity contribution in [2.45, 2.75) is 24.3 Å². The Morgan fingerprint density at radius 2 is 2.22 bits per heavy atom.